The monoisotopic (exact) mass is 465 g/mol. The van der Waals surface area contributed by atoms with Gasteiger partial charge in [0, 0.05) is 0 Å². The summed E-state index contributed by atoms with van der Waals surface area (Å²) in [4.78, 5) is 25.0. The summed E-state index contributed by atoms with van der Waals surface area (Å²) in [5.74, 6) is 0.427. The number of hydrogen-bond acceptors (Lipinski definition) is 6. The zero-order valence-electron chi connectivity index (χ0n) is 20.3. The van der Waals surface area contributed by atoms with Gasteiger partial charge in [0.2, 0.25) is 0 Å². The molecule has 1 heterocycles. The maximum Gasteiger partial charge on any atom is 0.338 e. The molecule has 0 bridgehead atoms. The molecule has 3 rings (SSSR count). The van der Waals surface area contributed by atoms with Crippen molar-refractivity contribution >= 4 is 17.6 Å². The quantitative estimate of drug-likeness (QED) is 0.436. The van der Waals surface area contributed by atoms with Gasteiger partial charge in [0.1, 0.15) is 0 Å². The number of aromatic nitrogens is 2. The number of aryl methyl sites for hydroxylation is 1. The van der Waals surface area contributed by atoms with Gasteiger partial charge in [-0.15, -0.1) is 0 Å². The van der Waals surface area contributed by atoms with Crippen molar-refractivity contribution in [1.82, 2.24) is 9.78 Å². The lowest BCUT2D eigenvalue weighted by atomic mass is 10.1. The van der Waals surface area contributed by atoms with Gasteiger partial charge in [0.15, 0.2) is 18.1 Å². The minimum atomic E-state index is -0.629. The third-order valence-corrected chi connectivity index (χ3v) is 5.24. The van der Waals surface area contributed by atoms with Crippen LogP contribution in [-0.2, 0) is 9.53 Å². The van der Waals surface area contributed by atoms with Gasteiger partial charge in [-0.25, -0.2) is 9.48 Å². The fourth-order valence-electron chi connectivity index (χ4n) is 3.35. The van der Waals surface area contributed by atoms with Gasteiger partial charge in [0.25, 0.3) is 5.91 Å². The fourth-order valence-corrected chi connectivity index (χ4v) is 3.35. The van der Waals surface area contributed by atoms with Crippen molar-refractivity contribution in [2.45, 2.75) is 34.1 Å². The first kappa shape index (κ1) is 24.8. The van der Waals surface area contributed by atoms with E-state index < -0.39 is 18.5 Å². The fraction of sp³-hybridized carbons (Fsp3) is 0.346. The minimum absolute atomic E-state index is 0.269. The number of carbonyl (C=O) groups excluding carboxylic acids is 2. The van der Waals surface area contributed by atoms with E-state index in [1.807, 2.05) is 44.2 Å². The Bertz CT molecular complexity index is 1140. The zero-order valence-corrected chi connectivity index (χ0v) is 20.3. The molecule has 0 aliphatic heterocycles. The first-order chi connectivity index (χ1) is 16.3. The van der Waals surface area contributed by atoms with Crippen LogP contribution in [0.1, 0.15) is 42.0 Å². The highest BCUT2D eigenvalue weighted by atomic mass is 16.5. The van der Waals surface area contributed by atoms with Crippen molar-refractivity contribution in [3.05, 3.63) is 65.5 Å². The SMILES string of the molecule is COc1cc(C(=O)OCC(=O)Nc2c(C)nn(-c3ccccc3)c2C)ccc1OCCC(C)C. The molecule has 8 heteroatoms. The maximum atomic E-state index is 12.5. The smallest absolute Gasteiger partial charge is 0.338 e. The average molecular weight is 466 g/mol. The third kappa shape index (κ3) is 6.15. The van der Waals surface area contributed by atoms with E-state index in [4.69, 9.17) is 14.2 Å². The molecule has 3 aromatic rings. The number of nitrogens with one attached hydrogen (secondary N) is 1. The number of hydrogen-bond donors (Lipinski definition) is 1. The van der Waals surface area contributed by atoms with Crippen molar-refractivity contribution in [2.24, 2.45) is 5.92 Å². The van der Waals surface area contributed by atoms with E-state index in [0.29, 0.717) is 35.4 Å². The van der Waals surface area contributed by atoms with Gasteiger partial charge in [-0.2, -0.15) is 5.10 Å². The average Bonchev–Trinajstić information content (AvgIpc) is 3.11. The molecule has 180 valence electrons. The van der Waals surface area contributed by atoms with Crippen LogP contribution >= 0.6 is 0 Å². The molecular weight excluding hydrogens is 434 g/mol. The molecule has 34 heavy (non-hydrogen) atoms. The number of anilines is 1. The van der Waals surface area contributed by atoms with Gasteiger partial charge in [-0.1, -0.05) is 32.0 Å². The van der Waals surface area contributed by atoms with Gasteiger partial charge in [-0.05, 0) is 56.5 Å². The van der Waals surface area contributed by atoms with Crippen LogP contribution < -0.4 is 14.8 Å². The number of methoxy groups -OCH3 is 1. The lowest BCUT2D eigenvalue weighted by molar-refractivity contribution is -0.119. The van der Waals surface area contributed by atoms with Gasteiger partial charge in [-0.3, -0.25) is 4.79 Å². The van der Waals surface area contributed by atoms with Crippen LogP contribution in [0.3, 0.4) is 0 Å². The van der Waals surface area contributed by atoms with E-state index in [1.165, 1.54) is 7.11 Å². The summed E-state index contributed by atoms with van der Waals surface area (Å²) in [7, 11) is 1.51. The Morgan fingerprint density at radius 2 is 1.79 bits per heavy atom. The lowest BCUT2D eigenvalue weighted by Gasteiger charge is -2.13. The van der Waals surface area contributed by atoms with Crippen molar-refractivity contribution in [1.29, 1.82) is 0 Å². The summed E-state index contributed by atoms with van der Waals surface area (Å²) < 4.78 is 18.1. The summed E-state index contributed by atoms with van der Waals surface area (Å²) >= 11 is 0. The number of rotatable bonds is 10. The number of para-hydroxylation sites is 1. The topological polar surface area (TPSA) is 91.7 Å². The van der Waals surface area contributed by atoms with Crippen molar-refractivity contribution in [3.63, 3.8) is 0 Å². The molecule has 0 aliphatic carbocycles. The number of nitrogens with zero attached hydrogens (tertiary/aromatic N) is 2. The molecule has 2 aromatic carbocycles. The second-order valence-corrected chi connectivity index (χ2v) is 8.31. The molecule has 8 nitrogen and oxygen atoms in total. The molecular formula is C26H31N3O5. The molecule has 0 saturated heterocycles. The number of benzene rings is 2. The van der Waals surface area contributed by atoms with Crippen molar-refractivity contribution in [2.75, 3.05) is 25.6 Å². The lowest BCUT2D eigenvalue weighted by Crippen LogP contribution is -2.21. The number of esters is 1. The normalized spacial score (nSPS) is 10.8. The second-order valence-electron chi connectivity index (χ2n) is 8.31. The van der Waals surface area contributed by atoms with E-state index in [-0.39, 0.29) is 5.56 Å². The van der Waals surface area contributed by atoms with Crippen LogP contribution in [0.5, 0.6) is 11.5 Å². The van der Waals surface area contributed by atoms with E-state index >= 15 is 0 Å². The summed E-state index contributed by atoms with van der Waals surface area (Å²) in [6.07, 6.45) is 0.908. The Labute approximate surface area is 199 Å². The number of amides is 1. The molecule has 0 saturated carbocycles. The van der Waals surface area contributed by atoms with E-state index in [1.54, 1.807) is 22.9 Å². The Morgan fingerprint density at radius 1 is 1.06 bits per heavy atom. The molecule has 0 aliphatic rings. The van der Waals surface area contributed by atoms with E-state index in [2.05, 4.69) is 24.3 Å². The molecule has 0 radical (unpaired) electrons. The molecule has 0 spiro atoms. The van der Waals surface area contributed by atoms with Crippen molar-refractivity contribution in [3.8, 4) is 17.2 Å². The molecule has 0 fully saturated rings. The van der Waals surface area contributed by atoms with Gasteiger partial charge in [0.05, 0.1) is 42.0 Å². The molecule has 1 N–H and O–H groups in total. The van der Waals surface area contributed by atoms with Crippen LogP contribution in [0.15, 0.2) is 48.5 Å². The Kier molecular flexibility index (Phi) is 8.29. The molecule has 0 unspecified atom stereocenters. The molecule has 1 aromatic heterocycles. The minimum Gasteiger partial charge on any atom is -0.493 e. The largest absolute Gasteiger partial charge is 0.493 e. The highest BCUT2D eigenvalue weighted by Crippen LogP contribution is 2.29. The van der Waals surface area contributed by atoms with E-state index in [9.17, 15) is 9.59 Å². The summed E-state index contributed by atoms with van der Waals surface area (Å²) in [5.41, 5.74) is 3.19. The number of ether oxygens (including phenoxy) is 3. The van der Waals surface area contributed by atoms with Crippen molar-refractivity contribution < 1.29 is 23.8 Å². The predicted molar refractivity (Wildman–Crippen MR) is 130 cm³/mol. The predicted octanol–water partition coefficient (Wildman–Crippen LogP) is 4.72. The molecule has 0 atom stereocenters. The van der Waals surface area contributed by atoms with Crippen LogP contribution in [0.2, 0.25) is 0 Å². The zero-order chi connectivity index (χ0) is 24.7. The van der Waals surface area contributed by atoms with Gasteiger partial charge >= 0.3 is 5.97 Å². The second kappa shape index (κ2) is 11.4. The summed E-state index contributed by atoms with van der Waals surface area (Å²) in [6.45, 7) is 8.04. The van der Waals surface area contributed by atoms with Crippen LogP contribution in [0.25, 0.3) is 5.69 Å². The summed E-state index contributed by atoms with van der Waals surface area (Å²) in [6, 6.07) is 14.4. The highest BCUT2D eigenvalue weighted by Gasteiger charge is 2.18. The van der Waals surface area contributed by atoms with E-state index in [0.717, 1.165) is 17.8 Å². The Morgan fingerprint density at radius 3 is 2.47 bits per heavy atom. The third-order valence-electron chi connectivity index (χ3n) is 5.24. The standard InChI is InChI=1S/C26H31N3O5/c1-17(2)13-14-33-22-12-11-20(15-23(22)32-5)26(31)34-16-24(30)27-25-18(3)28-29(19(25)4)21-9-7-6-8-10-21/h6-12,15,17H,13-14,16H2,1-5H3,(H,27,30). The first-order valence-corrected chi connectivity index (χ1v) is 11.2. The summed E-state index contributed by atoms with van der Waals surface area (Å²) in [5, 5.41) is 7.30. The van der Waals surface area contributed by atoms with Crippen LogP contribution in [-0.4, -0.2) is 42.0 Å². The van der Waals surface area contributed by atoms with Crippen LogP contribution in [0.4, 0.5) is 5.69 Å². The Hall–Kier alpha value is -3.81. The maximum absolute atomic E-state index is 12.5. The Balaban J connectivity index is 1.60. The number of carbonyl (C=O) groups is 2. The van der Waals surface area contributed by atoms with Crippen LogP contribution in [0, 0.1) is 19.8 Å². The van der Waals surface area contributed by atoms with Gasteiger partial charge < -0.3 is 19.5 Å². The highest BCUT2D eigenvalue weighted by molar-refractivity contribution is 5.96. The molecule has 1 amide bonds. The first-order valence-electron chi connectivity index (χ1n) is 11.2.